The largest absolute Gasteiger partial charge is 0.478 e. The molecule has 1 aromatic rings. The van der Waals surface area contributed by atoms with Crippen LogP contribution in [0.3, 0.4) is 0 Å². The monoisotopic (exact) mass is 285 g/mol. The zero-order valence-electron chi connectivity index (χ0n) is 11.7. The summed E-state index contributed by atoms with van der Waals surface area (Å²) in [6.07, 6.45) is 3.18. The molecule has 0 fully saturated rings. The molecule has 3 rings (SSSR count). The number of carboxylic acid groups (broad SMARTS) is 1. The number of carbonyl (C=O) groups is 3. The Morgan fingerprint density at radius 2 is 1.67 bits per heavy atom. The summed E-state index contributed by atoms with van der Waals surface area (Å²) >= 11 is 0. The van der Waals surface area contributed by atoms with Crippen molar-refractivity contribution in [3.63, 3.8) is 0 Å². The van der Waals surface area contributed by atoms with Crippen molar-refractivity contribution in [2.24, 2.45) is 0 Å². The molecule has 0 spiro atoms. The molecule has 108 valence electrons. The Balaban J connectivity index is 2.01. The van der Waals surface area contributed by atoms with Gasteiger partial charge in [0, 0.05) is 11.1 Å². The van der Waals surface area contributed by atoms with Gasteiger partial charge < -0.3 is 5.11 Å². The highest BCUT2D eigenvalue weighted by molar-refractivity contribution is 6.33. The summed E-state index contributed by atoms with van der Waals surface area (Å²) in [4.78, 5) is 37.1. The maximum atomic E-state index is 12.5. The highest BCUT2D eigenvalue weighted by Gasteiger charge is 2.40. The van der Waals surface area contributed by atoms with Crippen LogP contribution in [0.15, 0.2) is 29.3 Å². The maximum Gasteiger partial charge on any atom is 0.335 e. The summed E-state index contributed by atoms with van der Waals surface area (Å²) in [6, 6.07) is 4.44. The van der Waals surface area contributed by atoms with Gasteiger partial charge in [-0.15, -0.1) is 0 Å². The van der Waals surface area contributed by atoms with Crippen molar-refractivity contribution >= 4 is 23.5 Å². The number of nitrogens with zero attached hydrogens (tertiary/aromatic N) is 1. The molecule has 1 aromatic carbocycles. The van der Waals surface area contributed by atoms with Crippen molar-refractivity contribution in [3.8, 4) is 0 Å². The first-order chi connectivity index (χ1) is 10.0. The quantitative estimate of drug-likeness (QED) is 0.847. The number of hydrogen-bond donors (Lipinski definition) is 1. The Morgan fingerprint density at radius 1 is 1.10 bits per heavy atom. The highest BCUT2D eigenvalue weighted by Crippen LogP contribution is 2.36. The van der Waals surface area contributed by atoms with E-state index in [0.717, 1.165) is 12.8 Å². The van der Waals surface area contributed by atoms with Crippen LogP contribution in [0.2, 0.25) is 0 Å². The van der Waals surface area contributed by atoms with Crippen molar-refractivity contribution in [1.29, 1.82) is 0 Å². The van der Waals surface area contributed by atoms with Gasteiger partial charge in [0.15, 0.2) is 0 Å². The molecule has 0 unspecified atom stereocenters. The minimum atomic E-state index is -1.03. The normalized spacial score (nSPS) is 18.2. The van der Waals surface area contributed by atoms with Crippen LogP contribution in [0.1, 0.15) is 41.6 Å². The molecule has 21 heavy (non-hydrogen) atoms. The van der Waals surface area contributed by atoms with Crippen molar-refractivity contribution in [2.75, 3.05) is 4.90 Å². The molecule has 1 aliphatic heterocycles. The number of rotatable bonds is 2. The van der Waals surface area contributed by atoms with E-state index in [1.54, 1.807) is 6.92 Å². The molecule has 1 heterocycles. The maximum absolute atomic E-state index is 12.5. The van der Waals surface area contributed by atoms with Gasteiger partial charge in [0.2, 0.25) is 0 Å². The van der Waals surface area contributed by atoms with Gasteiger partial charge in [0.25, 0.3) is 11.8 Å². The summed E-state index contributed by atoms with van der Waals surface area (Å²) < 4.78 is 0. The number of aryl methyl sites for hydroxylation is 1. The van der Waals surface area contributed by atoms with Gasteiger partial charge in [-0.1, -0.05) is 0 Å². The topological polar surface area (TPSA) is 74.7 Å². The minimum absolute atomic E-state index is 0.146. The van der Waals surface area contributed by atoms with Gasteiger partial charge in [-0.2, -0.15) is 0 Å². The molecule has 0 saturated carbocycles. The van der Waals surface area contributed by atoms with Crippen molar-refractivity contribution in [2.45, 2.75) is 32.6 Å². The Bertz CT molecular complexity index is 674. The highest BCUT2D eigenvalue weighted by atomic mass is 16.4. The minimum Gasteiger partial charge on any atom is -0.478 e. The molecule has 0 radical (unpaired) electrons. The van der Waals surface area contributed by atoms with E-state index >= 15 is 0 Å². The fourth-order valence-corrected chi connectivity index (χ4v) is 3.00. The molecular weight excluding hydrogens is 270 g/mol. The van der Waals surface area contributed by atoms with Crippen LogP contribution in [0.5, 0.6) is 0 Å². The fourth-order valence-electron chi connectivity index (χ4n) is 3.00. The van der Waals surface area contributed by atoms with Crippen LogP contribution in [0.25, 0.3) is 0 Å². The van der Waals surface area contributed by atoms with Gasteiger partial charge >= 0.3 is 5.97 Å². The molecule has 0 bridgehead atoms. The molecular formula is C16H15NO4. The van der Waals surface area contributed by atoms with Gasteiger partial charge in [-0.05, 0) is 56.4 Å². The molecule has 0 saturated heterocycles. The number of imide groups is 1. The first-order valence-corrected chi connectivity index (χ1v) is 6.95. The zero-order chi connectivity index (χ0) is 15.1. The van der Waals surface area contributed by atoms with E-state index in [2.05, 4.69) is 0 Å². The molecule has 5 nitrogen and oxygen atoms in total. The van der Waals surface area contributed by atoms with Crippen LogP contribution in [-0.4, -0.2) is 22.9 Å². The number of anilines is 1. The van der Waals surface area contributed by atoms with E-state index in [1.165, 1.54) is 23.1 Å². The van der Waals surface area contributed by atoms with Crippen LogP contribution in [-0.2, 0) is 9.59 Å². The van der Waals surface area contributed by atoms with Crippen LogP contribution < -0.4 is 4.90 Å². The van der Waals surface area contributed by atoms with E-state index < -0.39 is 5.97 Å². The van der Waals surface area contributed by atoms with E-state index in [0.29, 0.717) is 35.2 Å². The summed E-state index contributed by atoms with van der Waals surface area (Å²) in [5.74, 6) is -1.53. The summed E-state index contributed by atoms with van der Waals surface area (Å²) in [7, 11) is 0. The summed E-state index contributed by atoms with van der Waals surface area (Å²) in [6.45, 7) is 1.71. The van der Waals surface area contributed by atoms with E-state index in [1.807, 2.05) is 0 Å². The lowest BCUT2D eigenvalue weighted by Crippen LogP contribution is -2.32. The third kappa shape index (κ3) is 2.05. The average molecular weight is 285 g/mol. The molecule has 2 amide bonds. The number of amides is 2. The van der Waals surface area contributed by atoms with Gasteiger partial charge in [0.05, 0.1) is 11.3 Å². The van der Waals surface area contributed by atoms with Gasteiger partial charge in [-0.25, -0.2) is 9.69 Å². The Kier molecular flexibility index (Phi) is 3.12. The predicted octanol–water partition coefficient (Wildman–Crippen LogP) is 2.44. The lowest BCUT2D eigenvalue weighted by atomic mass is 9.93. The molecule has 1 N–H and O–H groups in total. The third-order valence-electron chi connectivity index (χ3n) is 4.07. The Hall–Kier alpha value is -2.43. The van der Waals surface area contributed by atoms with Crippen LogP contribution >= 0.6 is 0 Å². The number of hydrogen-bond acceptors (Lipinski definition) is 3. The van der Waals surface area contributed by atoms with Crippen molar-refractivity contribution in [1.82, 2.24) is 0 Å². The number of carboxylic acids is 1. The second kappa shape index (κ2) is 4.84. The standard InChI is InChI=1S/C16H15NO4/c1-9-8-10(16(20)21)6-7-13(9)17-14(18)11-4-2-3-5-12(11)15(17)19/h6-8H,2-5H2,1H3,(H,20,21). The van der Waals surface area contributed by atoms with Crippen molar-refractivity contribution in [3.05, 3.63) is 40.5 Å². The predicted molar refractivity (Wildman–Crippen MR) is 76.1 cm³/mol. The lowest BCUT2D eigenvalue weighted by Gasteiger charge is -2.18. The van der Waals surface area contributed by atoms with Gasteiger partial charge in [-0.3, -0.25) is 9.59 Å². The van der Waals surface area contributed by atoms with E-state index in [9.17, 15) is 14.4 Å². The van der Waals surface area contributed by atoms with Gasteiger partial charge in [0.1, 0.15) is 0 Å². The Morgan fingerprint density at radius 3 is 2.14 bits per heavy atom. The lowest BCUT2D eigenvalue weighted by molar-refractivity contribution is -0.120. The number of aromatic carboxylic acids is 1. The number of benzene rings is 1. The second-order valence-electron chi connectivity index (χ2n) is 5.42. The SMILES string of the molecule is Cc1cc(C(=O)O)ccc1N1C(=O)C2=C(CCCC2)C1=O. The average Bonchev–Trinajstić information content (AvgIpc) is 2.72. The van der Waals surface area contributed by atoms with Crippen LogP contribution in [0, 0.1) is 6.92 Å². The summed E-state index contributed by atoms with van der Waals surface area (Å²) in [5.41, 5.74) is 2.50. The third-order valence-corrected chi connectivity index (χ3v) is 4.07. The smallest absolute Gasteiger partial charge is 0.335 e. The number of carbonyl (C=O) groups excluding carboxylic acids is 2. The molecule has 0 aromatic heterocycles. The van der Waals surface area contributed by atoms with Crippen LogP contribution in [0.4, 0.5) is 5.69 Å². The second-order valence-corrected chi connectivity index (χ2v) is 5.42. The van der Waals surface area contributed by atoms with E-state index in [-0.39, 0.29) is 17.4 Å². The molecule has 2 aliphatic rings. The zero-order valence-corrected chi connectivity index (χ0v) is 11.7. The molecule has 0 atom stereocenters. The summed E-state index contributed by atoms with van der Waals surface area (Å²) in [5, 5.41) is 8.98. The first kappa shape index (κ1) is 13.5. The molecule has 1 aliphatic carbocycles. The van der Waals surface area contributed by atoms with Crippen molar-refractivity contribution < 1.29 is 19.5 Å². The van der Waals surface area contributed by atoms with E-state index in [4.69, 9.17) is 5.11 Å². The first-order valence-electron chi connectivity index (χ1n) is 6.95. The Labute approximate surface area is 121 Å². The fraction of sp³-hybridized carbons (Fsp3) is 0.312. The molecule has 5 heteroatoms.